The Kier molecular flexibility index (Phi) is 50.3. The highest BCUT2D eigenvalue weighted by atomic mass is 32.2. The number of hydrogen-bond acceptors (Lipinski definition) is 29. The summed E-state index contributed by atoms with van der Waals surface area (Å²) in [6.45, 7) is 39.8. The van der Waals surface area contributed by atoms with Gasteiger partial charge in [-0.2, -0.15) is 0 Å². The van der Waals surface area contributed by atoms with E-state index >= 15 is 0 Å². The SMILES string of the molecule is C=C/C=C/C=C(\C)[C@H](C[C@@H]1CC[C@@H](C)[C@](O)(C(=O)C(=O)N2CCCCC2C(=O)O[C@@H](CC(=O)[C@H](C)/C=C(\C)[C@@H](O)[C@@H](OC)C(=O)C(C)CC(C)C)[C@@H](C)C[C@@H]2CC[C@@H](OCCOC(=O)CSCNc3ccc4c5c(cccc35)C(=O)N(C(C)COC(C)COCCOC(C)COC(C)COC(C)COC(C)COC(C)COC(C)COC(C)COC)C4=O)[C@H](OC)C2)O1)OC. The fraction of sp³-hybridized carbons (Fsp3) is 0.737. The Hall–Kier alpha value is -6.31. The molecule has 3 amide bonds. The quantitative estimate of drug-likeness (QED) is 0.0105. The highest BCUT2D eigenvalue weighted by Gasteiger charge is 2.53. The maximum Gasteiger partial charge on any atom is 0.329 e. The van der Waals surface area contributed by atoms with Crippen LogP contribution in [0.3, 0.4) is 0 Å². The summed E-state index contributed by atoms with van der Waals surface area (Å²) in [5, 5.41) is 28.2. The molecule has 2 saturated heterocycles. The Morgan fingerprint density at radius 3 is 1.85 bits per heavy atom. The van der Waals surface area contributed by atoms with Crippen molar-refractivity contribution in [1.82, 2.24) is 9.80 Å². The number of allylic oxidation sites excluding steroid dienone is 5. The number of carbonyl (C=O) groups is 8. The Morgan fingerprint density at radius 2 is 1.25 bits per heavy atom. The number of methoxy groups -OCH3 is 4. The average Bonchev–Trinajstić information content (AvgIpc) is 0.741. The van der Waals surface area contributed by atoms with E-state index in [1.807, 2.05) is 101 Å². The second kappa shape index (κ2) is 58.2. The van der Waals surface area contributed by atoms with E-state index in [1.165, 1.54) is 28.7 Å². The minimum Gasteiger partial charge on any atom is -0.463 e. The summed E-state index contributed by atoms with van der Waals surface area (Å²) >= 11 is 1.30. The van der Waals surface area contributed by atoms with Crippen LogP contribution in [0, 0.1) is 35.5 Å². The Balaban J connectivity index is 0.930. The van der Waals surface area contributed by atoms with Crippen molar-refractivity contribution in [2.45, 2.75) is 304 Å². The minimum atomic E-state index is -2.49. The highest BCUT2D eigenvalue weighted by molar-refractivity contribution is 8.00. The van der Waals surface area contributed by atoms with Crippen molar-refractivity contribution < 1.29 is 129 Å². The number of thioether (sulfide) groups is 1. The van der Waals surface area contributed by atoms with E-state index in [1.54, 1.807) is 98.4 Å². The topological polar surface area (TPSA) is 352 Å². The second-order valence-corrected chi connectivity index (χ2v) is 37.5. The molecule has 1 aliphatic carbocycles. The molecule has 736 valence electrons. The normalized spacial score (nSPS) is 23.2. The number of anilines is 1. The summed E-state index contributed by atoms with van der Waals surface area (Å²) in [6, 6.07) is 7.02. The summed E-state index contributed by atoms with van der Waals surface area (Å²) < 4.78 is 100. The standard InChI is InChI=1S/C99H157N3O27S/c1-23-24-25-29-62(4)86(114-20)48-78-35-33-67(9)99(112,129-78)94(107)97(110)101-39-27-26-32-83(101)98(111)128-87(49-84(103)63(5)45-66(8)92(106)93(116-22)91(105)65(7)44-61(2)3)64(6)46-77-34-38-85(88(47-77)115-21)119-42-43-120-89(104)59-130-60-100-82-37-36-81-90-79(82)30-28-31-80(90)95(108)102(96(81)109)68(10)50-121-70(12)52-117-40-41-118-71(13)53-123-73(15)55-125-75(17)57-127-76(18)58-126-74(16)56-124-72(14)54-122-69(11)51-113-19/h23-25,28-31,36-37,45,61,63-65,67-78,83,85-88,92-93,100,106,112H,1,26-27,32-35,38-44,46-60H2,2-22H3/b25-24+,62-29+,66-45+/t63-,64+,65?,67-,68?,69?,70?,71?,72?,73?,74?,75?,76?,77+,78+,83?,85-,86+,87+,88-,92-,93+,99-/m1/s1. The van der Waals surface area contributed by atoms with E-state index in [2.05, 4.69) is 11.9 Å². The number of hydrogen-bond donors (Lipinski definition) is 3. The molecule has 130 heavy (non-hydrogen) atoms. The van der Waals surface area contributed by atoms with Crippen molar-refractivity contribution in [2.75, 3.05) is 138 Å². The van der Waals surface area contributed by atoms with Gasteiger partial charge in [0.25, 0.3) is 23.5 Å². The minimum absolute atomic E-state index is 0.00355. The molecular formula is C99H157N3O27S. The van der Waals surface area contributed by atoms with Crippen LogP contribution < -0.4 is 5.32 Å². The van der Waals surface area contributed by atoms with Crippen LogP contribution in [0.1, 0.15) is 215 Å². The molecule has 30 nitrogen and oxygen atoms in total. The Labute approximate surface area is 777 Å². The van der Waals surface area contributed by atoms with Gasteiger partial charge in [0.1, 0.15) is 36.7 Å². The van der Waals surface area contributed by atoms with E-state index in [9.17, 15) is 48.6 Å². The van der Waals surface area contributed by atoms with Crippen molar-refractivity contribution in [2.24, 2.45) is 35.5 Å². The molecule has 3 heterocycles. The molecule has 3 fully saturated rings. The molecule has 23 atom stereocenters. The van der Waals surface area contributed by atoms with Crippen molar-refractivity contribution in [3.05, 3.63) is 89.6 Å². The highest BCUT2D eigenvalue weighted by Crippen LogP contribution is 2.40. The van der Waals surface area contributed by atoms with Crippen LogP contribution >= 0.6 is 11.8 Å². The van der Waals surface area contributed by atoms with Crippen LogP contribution in [0.25, 0.3) is 10.8 Å². The van der Waals surface area contributed by atoms with Crippen LogP contribution in [0.5, 0.6) is 0 Å². The molecule has 1 saturated carbocycles. The number of carbonyl (C=O) groups excluding carboxylic acids is 8. The summed E-state index contributed by atoms with van der Waals surface area (Å²) in [6.07, 6.45) is 7.31. The van der Waals surface area contributed by atoms with Gasteiger partial charge in [-0.1, -0.05) is 90.6 Å². The van der Waals surface area contributed by atoms with Gasteiger partial charge in [0.2, 0.25) is 5.79 Å². The summed E-state index contributed by atoms with van der Waals surface area (Å²) in [7, 11) is 6.19. The fourth-order valence-corrected chi connectivity index (χ4v) is 17.4. The van der Waals surface area contributed by atoms with E-state index < -0.39 is 102 Å². The van der Waals surface area contributed by atoms with Crippen molar-refractivity contribution in [3.8, 4) is 0 Å². The molecule has 4 aliphatic rings. The number of nitrogens with zero attached hydrogens (tertiary/aromatic N) is 2. The molecule has 0 aromatic heterocycles. The molecule has 31 heteroatoms. The van der Waals surface area contributed by atoms with Gasteiger partial charge >= 0.3 is 11.9 Å². The smallest absolute Gasteiger partial charge is 0.329 e. The molecule has 6 rings (SSSR count). The molecule has 2 aromatic carbocycles. The third-order valence-corrected chi connectivity index (χ3v) is 25.3. The third-order valence-electron chi connectivity index (χ3n) is 24.5. The van der Waals surface area contributed by atoms with Crippen LogP contribution in [-0.4, -0.2) is 309 Å². The van der Waals surface area contributed by atoms with Crippen LogP contribution in [0.15, 0.2) is 78.4 Å². The van der Waals surface area contributed by atoms with Gasteiger partial charge in [0.05, 0.1) is 170 Å². The van der Waals surface area contributed by atoms with Gasteiger partial charge in [0, 0.05) is 93.2 Å². The number of aliphatic hydroxyl groups is 2. The van der Waals surface area contributed by atoms with Gasteiger partial charge in [0.15, 0.2) is 5.78 Å². The summed E-state index contributed by atoms with van der Waals surface area (Å²) in [5.41, 5.74) is 2.69. The molecule has 0 radical (unpaired) electrons. The van der Waals surface area contributed by atoms with E-state index in [0.717, 1.165) is 5.57 Å². The number of nitrogens with one attached hydrogen (secondary N) is 1. The first kappa shape index (κ1) is 112. The lowest BCUT2D eigenvalue weighted by molar-refractivity contribution is -0.265. The molecule has 0 spiro atoms. The van der Waals surface area contributed by atoms with Crippen LogP contribution in [0.2, 0.25) is 0 Å². The number of esters is 2. The molecular weight excluding hydrogens is 1700 g/mol. The van der Waals surface area contributed by atoms with Gasteiger partial charge in [-0.3, -0.25) is 38.5 Å². The lowest BCUT2D eigenvalue weighted by atomic mass is 9.78. The molecule has 3 aliphatic heterocycles. The summed E-state index contributed by atoms with van der Waals surface area (Å²) in [4.78, 5) is 116. The molecule has 11 unspecified atom stereocenters. The first-order valence-electron chi connectivity index (χ1n) is 46.8. The molecule has 0 bridgehead atoms. The van der Waals surface area contributed by atoms with Gasteiger partial charge in [-0.15, -0.1) is 11.8 Å². The van der Waals surface area contributed by atoms with E-state index in [4.69, 9.17) is 80.5 Å². The number of benzene rings is 2. The van der Waals surface area contributed by atoms with Gasteiger partial charge in [-0.05, 0) is 187 Å². The Bertz CT molecular complexity index is 3890. The van der Waals surface area contributed by atoms with Crippen molar-refractivity contribution in [3.63, 3.8) is 0 Å². The average molecular weight is 1850 g/mol. The third kappa shape index (κ3) is 36.1. The number of amides is 3. The zero-order chi connectivity index (χ0) is 95.9. The van der Waals surface area contributed by atoms with Gasteiger partial charge in [-0.25, -0.2) is 4.79 Å². The monoisotopic (exact) mass is 1850 g/mol. The number of Topliss-reactive ketones (excluding diaryl/α,β-unsaturated/α-hetero) is 3. The maximum absolute atomic E-state index is 14.8. The second-order valence-electron chi connectivity index (χ2n) is 36.5. The van der Waals surface area contributed by atoms with Crippen molar-refractivity contribution >= 4 is 75.2 Å². The zero-order valence-corrected chi connectivity index (χ0v) is 82.3. The predicted octanol–water partition coefficient (Wildman–Crippen LogP) is 13.2. The number of ketones is 3. The van der Waals surface area contributed by atoms with Crippen LogP contribution in [0.4, 0.5) is 5.69 Å². The van der Waals surface area contributed by atoms with E-state index in [-0.39, 0.29) is 142 Å². The van der Waals surface area contributed by atoms with Crippen molar-refractivity contribution in [1.29, 1.82) is 0 Å². The number of rotatable bonds is 64. The number of piperidine rings is 1. The number of ether oxygens (including phenoxy) is 17. The largest absolute Gasteiger partial charge is 0.463 e. The fourth-order valence-electron chi connectivity index (χ4n) is 16.8. The lowest BCUT2D eigenvalue weighted by Crippen LogP contribution is -2.61. The van der Waals surface area contributed by atoms with Crippen LogP contribution in [-0.2, 0) is 109 Å². The number of imide groups is 1. The van der Waals surface area contributed by atoms with Gasteiger partial charge < -0.3 is 101 Å². The van der Waals surface area contributed by atoms with E-state index in [0.29, 0.717) is 163 Å². The zero-order valence-electron chi connectivity index (χ0n) is 81.5. The lowest BCUT2D eigenvalue weighted by Gasteiger charge is -2.42. The number of likely N-dealkylation sites (tertiary alicyclic amines) is 1. The first-order valence-corrected chi connectivity index (χ1v) is 48.0. The first-order chi connectivity index (χ1) is 61.9. The predicted molar refractivity (Wildman–Crippen MR) is 497 cm³/mol. The molecule has 2 aromatic rings. The summed E-state index contributed by atoms with van der Waals surface area (Å²) in [5.74, 6) is -9.24. The number of aliphatic hydroxyl groups excluding tert-OH is 1. The molecule has 3 N–H and O–H groups in total. The Morgan fingerprint density at radius 1 is 0.654 bits per heavy atom. The maximum atomic E-state index is 14.8.